The number of hydrogen-bond acceptors (Lipinski definition) is 6. The molecule has 1 saturated carbocycles. The number of rotatable bonds is 4. The van der Waals surface area contributed by atoms with Crippen molar-refractivity contribution in [1.29, 1.82) is 10.5 Å². The molecule has 0 bridgehead atoms. The average molecular weight is 354 g/mol. The molecule has 1 unspecified atom stereocenters. The first-order valence-corrected chi connectivity index (χ1v) is 8.97. The highest BCUT2D eigenvalue weighted by Crippen LogP contribution is 2.37. The Labute approximate surface area is 154 Å². The molecule has 1 fully saturated rings. The van der Waals surface area contributed by atoms with Gasteiger partial charge in [0.1, 0.15) is 23.3 Å². The van der Waals surface area contributed by atoms with Crippen molar-refractivity contribution >= 4 is 16.9 Å². The largest absolute Gasteiger partial charge is 0.385 e. The Morgan fingerprint density at radius 1 is 1.35 bits per heavy atom. The maximum atomic E-state index is 10.1. The van der Waals surface area contributed by atoms with Gasteiger partial charge < -0.3 is 15.0 Å². The van der Waals surface area contributed by atoms with E-state index < -0.39 is 6.10 Å². The Balaban J connectivity index is 0.000000758. The fourth-order valence-corrected chi connectivity index (χ4v) is 3.57. The van der Waals surface area contributed by atoms with E-state index in [0.29, 0.717) is 24.2 Å². The number of aliphatic hydroxyl groups is 1. The van der Waals surface area contributed by atoms with Crippen LogP contribution in [0.3, 0.4) is 0 Å². The molecule has 138 valence electrons. The molecule has 2 heterocycles. The number of anilines is 1. The number of nitrogens with zero attached hydrogens (tertiary/aromatic N) is 5. The van der Waals surface area contributed by atoms with Crippen molar-refractivity contribution in [2.45, 2.75) is 58.1 Å². The molecule has 2 N–H and O–H groups in total. The Bertz CT molecular complexity index is 806. The zero-order chi connectivity index (χ0) is 19.1. The molecule has 1 atom stereocenters. The highest BCUT2D eigenvalue weighted by atomic mass is 16.3. The fourth-order valence-electron chi connectivity index (χ4n) is 3.57. The number of fused-ring (bicyclic) bond motifs is 1. The molecule has 0 aliphatic heterocycles. The number of pyridine rings is 1. The van der Waals surface area contributed by atoms with Crippen LogP contribution in [0.2, 0.25) is 0 Å². The average Bonchev–Trinajstić information content (AvgIpc) is 3.02. The van der Waals surface area contributed by atoms with E-state index in [4.69, 9.17) is 10.5 Å². The number of aromatic nitrogens is 3. The van der Waals surface area contributed by atoms with Gasteiger partial charge in [-0.2, -0.15) is 10.5 Å². The van der Waals surface area contributed by atoms with Gasteiger partial charge in [-0.05, 0) is 38.5 Å². The summed E-state index contributed by atoms with van der Waals surface area (Å²) in [4.78, 5) is 8.90. The van der Waals surface area contributed by atoms with E-state index in [1.807, 2.05) is 13.1 Å². The molecule has 7 heteroatoms. The summed E-state index contributed by atoms with van der Waals surface area (Å²) in [6.07, 6.45) is 5.95. The summed E-state index contributed by atoms with van der Waals surface area (Å²) < 4.78 is 2.19. The van der Waals surface area contributed by atoms with E-state index >= 15 is 0 Å². The summed E-state index contributed by atoms with van der Waals surface area (Å²) in [5, 5.41) is 29.4. The van der Waals surface area contributed by atoms with Crippen molar-refractivity contribution in [1.82, 2.24) is 14.5 Å². The molecule has 3 rings (SSSR count). The topological polar surface area (TPSA) is 111 Å². The van der Waals surface area contributed by atoms with Crippen molar-refractivity contribution in [3.63, 3.8) is 0 Å². The third-order valence-corrected chi connectivity index (χ3v) is 4.79. The lowest BCUT2D eigenvalue weighted by Crippen LogP contribution is -2.20. The molecule has 0 aromatic carbocycles. The second kappa shape index (κ2) is 9.17. The Morgan fingerprint density at radius 3 is 2.54 bits per heavy atom. The van der Waals surface area contributed by atoms with Gasteiger partial charge in [-0.1, -0.05) is 0 Å². The smallest absolute Gasteiger partial charge is 0.138 e. The minimum absolute atomic E-state index is 0.326. The molecule has 0 spiro atoms. The number of nitriles is 2. The summed E-state index contributed by atoms with van der Waals surface area (Å²) in [6, 6.07) is 6.36. The van der Waals surface area contributed by atoms with Crippen LogP contribution in [0.5, 0.6) is 0 Å². The first kappa shape index (κ1) is 19.7. The Morgan fingerprint density at radius 2 is 2.00 bits per heavy atom. The van der Waals surface area contributed by atoms with Crippen LogP contribution in [0.25, 0.3) is 11.0 Å². The number of imidazole rings is 1. The van der Waals surface area contributed by atoms with Crippen LogP contribution in [-0.4, -0.2) is 26.7 Å². The summed E-state index contributed by atoms with van der Waals surface area (Å²) in [7, 11) is 1.84. The molecule has 0 radical (unpaired) electrons. The van der Waals surface area contributed by atoms with Crippen LogP contribution in [0, 0.1) is 28.6 Å². The normalized spacial score (nSPS) is 20.4. The summed E-state index contributed by atoms with van der Waals surface area (Å²) in [5.74, 6) is 2.02. The standard InChI is InChI=1S/C17H23N5O.C2H3N/c1-11(23)17-21-14-10-20-16(19-2)9-15(14)22(17)13-5-3-12(4-6-13)7-8-18;1-2-3/h9-13,23H,3-7H2,1-2H3,(H,19,20);1H3. The lowest BCUT2D eigenvalue weighted by molar-refractivity contribution is 0.175. The number of hydrogen-bond donors (Lipinski definition) is 2. The van der Waals surface area contributed by atoms with Gasteiger partial charge in [-0.25, -0.2) is 9.97 Å². The molecular formula is C19H26N6O. The highest BCUT2D eigenvalue weighted by molar-refractivity contribution is 5.78. The van der Waals surface area contributed by atoms with E-state index in [9.17, 15) is 5.11 Å². The van der Waals surface area contributed by atoms with Crippen molar-refractivity contribution in [2.24, 2.45) is 5.92 Å². The van der Waals surface area contributed by atoms with Crippen molar-refractivity contribution in [3.8, 4) is 12.1 Å². The van der Waals surface area contributed by atoms with Gasteiger partial charge in [0.05, 0.1) is 23.9 Å². The van der Waals surface area contributed by atoms with Crippen LogP contribution in [-0.2, 0) is 0 Å². The maximum Gasteiger partial charge on any atom is 0.138 e. The molecule has 26 heavy (non-hydrogen) atoms. The third-order valence-electron chi connectivity index (χ3n) is 4.79. The zero-order valence-corrected chi connectivity index (χ0v) is 15.6. The molecule has 2 aromatic heterocycles. The minimum atomic E-state index is -0.614. The molecule has 0 amide bonds. The van der Waals surface area contributed by atoms with Gasteiger partial charge in [0.2, 0.25) is 0 Å². The summed E-state index contributed by atoms with van der Waals surface area (Å²) in [5.41, 5.74) is 1.84. The predicted molar refractivity (Wildman–Crippen MR) is 100 cm³/mol. The van der Waals surface area contributed by atoms with Crippen LogP contribution in [0.4, 0.5) is 5.82 Å². The van der Waals surface area contributed by atoms with Gasteiger partial charge in [0, 0.05) is 32.5 Å². The van der Waals surface area contributed by atoms with Gasteiger partial charge >= 0.3 is 0 Å². The fraction of sp³-hybridized carbons (Fsp3) is 0.579. The SMILES string of the molecule is CC#N.CNc1cc2c(cn1)nc(C(C)O)n2C1CCC(CC#N)CC1. The third kappa shape index (κ3) is 4.30. The Kier molecular flexibility index (Phi) is 6.94. The van der Waals surface area contributed by atoms with Gasteiger partial charge in [0.25, 0.3) is 0 Å². The van der Waals surface area contributed by atoms with E-state index in [1.165, 1.54) is 6.92 Å². The van der Waals surface area contributed by atoms with Gasteiger partial charge in [-0.15, -0.1) is 0 Å². The molecule has 2 aromatic rings. The lowest BCUT2D eigenvalue weighted by atomic mass is 9.84. The van der Waals surface area contributed by atoms with Gasteiger partial charge in [0.15, 0.2) is 0 Å². The minimum Gasteiger partial charge on any atom is -0.385 e. The lowest BCUT2D eigenvalue weighted by Gasteiger charge is -2.30. The zero-order valence-electron chi connectivity index (χ0n) is 15.6. The second-order valence-corrected chi connectivity index (χ2v) is 6.58. The maximum absolute atomic E-state index is 10.1. The van der Waals surface area contributed by atoms with E-state index in [2.05, 4.69) is 25.9 Å². The monoisotopic (exact) mass is 354 g/mol. The molecule has 1 aliphatic rings. The summed E-state index contributed by atoms with van der Waals surface area (Å²) in [6.45, 7) is 3.19. The predicted octanol–water partition coefficient (Wildman–Crippen LogP) is 3.70. The number of aliphatic hydroxyl groups excluding tert-OH is 1. The second-order valence-electron chi connectivity index (χ2n) is 6.58. The first-order chi connectivity index (χ1) is 12.5. The molecule has 7 nitrogen and oxygen atoms in total. The van der Waals surface area contributed by atoms with Crippen LogP contribution >= 0.6 is 0 Å². The van der Waals surface area contributed by atoms with Crippen LogP contribution in [0.15, 0.2) is 12.3 Å². The van der Waals surface area contributed by atoms with Crippen molar-refractivity contribution < 1.29 is 5.11 Å². The Hall–Kier alpha value is -2.64. The van der Waals surface area contributed by atoms with Crippen LogP contribution in [0.1, 0.15) is 63.9 Å². The van der Waals surface area contributed by atoms with Crippen molar-refractivity contribution in [3.05, 3.63) is 18.1 Å². The van der Waals surface area contributed by atoms with Crippen LogP contribution < -0.4 is 5.32 Å². The first-order valence-electron chi connectivity index (χ1n) is 8.97. The summed E-state index contributed by atoms with van der Waals surface area (Å²) >= 11 is 0. The molecule has 1 aliphatic carbocycles. The quantitative estimate of drug-likeness (QED) is 0.866. The number of nitrogens with one attached hydrogen (secondary N) is 1. The van der Waals surface area contributed by atoms with E-state index in [1.54, 1.807) is 19.2 Å². The molecular weight excluding hydrogens is 328 g/mol. The van der Waals surface area contributed by atoms with Crippen molar-refractivity contribution in [2.75, 3.05) is 12.4 Å². The van der Waals surface area contributed by atoms with E-state index in [-0.39, 0.29) is 0 Å². The van der Waals surface area contributed by atoms with Gasteiger partial charge in [-0.3, -0.25) is 0 Å². The van der Waals surface area contributed by atoms with E-state index in [0.717, 1.165) is 42.5 Å². The highest BCUT2D eigenvalue weighted by Gasteiger charge is 2.27. The molecule has 0 saturated heterocycles.